The van der Waals surface area contributed by atoms with Crippen LogP contribution in [0.3, 0.4) is 0 Å². The first kappa shape index (κ1) is 13.5. The highest BCUT2D eigenvalue weighted by atomic mass is 16.2. The van der Waals surface area contributed by atoms with Gasteiger partial charge in [-0.2, -0.15) is 5.10 Å². The van der Waals surface area contributed by atoms with E-state index in [9.17, 15) is 9.59 Å². The summed E-state index contributed by atoms with van der Waals surface area (Å²) in [5.41, 5.74) is 2.82. The molecule has 7 nitrogen and oxygen atoms in total. The van der Waals surface area contributed by atoms with Crippen LogP contribution in [0.5, 0.6) is 0 Å². The van der Waals surface area contributed by atoms with Gasteiger partial charge in [0.05, 0.1) is 11.9 Å². The van der Waals surface area contributed by atoms with E-state index in [1.165, 1.54) is 4.68 Å². The van der Waals surface area contributed by atoms with Gasteiger partial charge in [0.1, 0.15) is 0 Å². The summed E-state index contributed by atoms with van der Waals surface area (Å²) in [6.07, 6.45) is 4.88. The number of nitrogens with zero attached hydrogens (tertiary/aromatic N) is 3. The maximum atomic E-state index is 11.9. The molecule has 0 radical (unpaired) electrons. The van der Waals surface area contributed by atoms with Gasteiger partial charge in [-0.05, 0) is 19.3 Å². The van der Waals surface area contributed by atoms with Crippen LogP contribution in [0.25, 0.3) is 0 Å². The third kappa shape index (κ3) is 3.54. The van der Waals surface area contributed by atoms with Crippen LogP contribution in [-0.2, 0) is 11.3 Å². The molecule has 0 unspecified atom stereocenters. The minimum Gasteiger partial charge on any atom is -0.370 e. The average molecular weight is 265 g/mol. The van der Waals surface area contributed by atoms with Crippen LogP contribution in [0, 0.1) is 0 Å². The molecule has 1 saturated heterocycles. The summed E-state index contributed by atoms with van der Waals surface area (Å²) >= 11 is 0. The predicted octanol–water partition coefficient (Wildman–Crippen LogP) is -0.386. The third-order valence-electron chi connectivity index (χ3n) is 3.26. The number of aryl methyl sites for hydroxylation is 1. The second-order valence-corrected chi connectivity index (χ2v) is 4.64. The van der Waals surface area contributed by atoms with Gasteiger partial charge in [0.15, 0.2) is 0 Å². The predicted molar refractivity (Wildman–Crippen MR) is 71.5 cm³/mol. The first-order valence-electron chi connectivity index (χ1n) is 6.52. The average Bonchev–Trinajstić information content (AvgIpc) is 2.94. The molecule has 7 heteroatoms. The molecule has 0 aromatic carbocycles. The summed E-state index contributed by atoms with van der Waals surface area (Å²) in [6, 6.07) is 1.61. The summed E-state index contributed by atoms with van der Waals surface area (Å²) in [6.45, 7) is 2.40. The molecule has 1 fully saturated rings. The van der Waals surface area contributed by atoms with E-state index in [1.54, 1.807) is 12.3 Å². The number of hydrogen-bond acceptors (Lipinski definition) is 5. The van der Waals surface area contributed by atoms with E-state index in [0.717, 1.165) is 31.6 Å². The fourth-order valence-corrected chi connectivity index (χ4v) is 2.20. The van der Waals surface area contributed by atoms with Crippen molar-refractivity contribution in [3.05, 3.63) is 22.6 Å². The van der Waals surface area contributed by atoms with Gasteiger partial charge >= 0.3 is 0 Å². The smallest absolute Gasteiger partial charge is 0.268 e. The van der Waals surface area contributed by atoms with Gasteiger partial charge in [0.25, 0.3) is 5.56 Å². The molecule has 0 spiro atoms. The number of aromatic nitrogens is 2. The Morgan fingerprint density at radius 2 is 2.16 bits per heavy atom. The fraction of sp³-hybridized carbons (Fsp3) is 0.583. The van der Waals surface area contributed by atoms with Gasteiger partial charge in [-0.1, -0.05) is 0 Å². The lowest BCUT2D eigenvalue weighted by molar-refractivity contribution is -0.121. The number of anilines is 1. The molecule has 1 aliphatic rings. The maximum absolute atomic E-state index is 11.9. The van der Waals surface area contributed by atoms with Crippen molar-refractivity contribution in [3.63, 3.8) is 0 Å². The van der Waals surface area contributed by atoms with Crippen molar-refractivity contribution in [1.29, 1.82) is 0 Å². The number of rotatable bonds is 5. The minimum atomic E-state index is -0.235. The van der Waals surface area contributed by atoms with E-state index in [0.29, 0.717) is 19.4 Å². The van der Waals surface area contributed by atoms with Crippen molar-refractivity contribution in [2.45, 2.75) is 32.2 Å². The van der Waals surface area contributed by atoms with Crippen LogP contribution in [0.4, 0.5) is 5.69 Å². The van der Waals surface area contributed by atoms with E-state index in [1.807, 2.05) is 0 Å². The lowest BCUT2D eigenvalue weighted by Gasteiger charge is -2.17. The molecule has 0 bridgehead atoms. The number of amides is 1. The van der Waals surface area contributed by atoms with Crippen LogP contribution in [0.15, 0.2) is 17.1 Å². The first-order chi connectivity index (χ1) is 9.20. The molecule has 1 aliphatic heterocycles. The highest BCUT2D eigenvalue weighted by molar-refractivity contribution is 5.75. The Hall–Kier alpha value is -1.89. The third-order valence-corrected chi connectivity index (χ3v) is 3.26. The van der Waals surface area contributed by atoms with Crippen molar-refractivity contribution in [1.82, 2.24) is 15.2 Å². The molecule has 0 atom stereocenters. The van der Waals surface area contributed by atoms with Crippen molar-refractivity contribution in [3.8, 4) is 0 Å². The van der Waals surface area contributed by atoms with Crippen molar-refractivity contribution in [2.24, 2.45) is 5.84 Å². The van der Waals surface area contributed by atoms with Crippen LogP contribution < -0.4 is 21.7 Å². The largest absolute Gasteiger partial charge is 0.370 e. The van der Waals surface area contributed by atoms with Crippen molar-refractivity contribution in [2.75, 3.05) is 18.0 Å². The molecule has 3 N–H and O–H groups in total. The Bertz CT molecular complexity index is 493. The first-order valence-corrected chi connectivity index (χ1v) is 6.52. The zero-order valence-electron chi connectivity index (χ0n) is 10.8. The minimum absolute atomic E-state index is 0.127. The van der Waals surface area contributed by atoms with E-state index >= 15 is 0 Å². The Morgan fingerprint density at radius 3 is 2.79 bits per heavy atom. The Balaban J connectivity index is 1.95. The molecule has 19 heavy (non-hydrogen) atoms. The zero-order chi connectivity index (χ0) is 13.7. The summed E-state index contributed by atoms with van der Waals surface area (Å²) in [5.74, 6) is 4.75. The molecular weight excluding hydrogens is 246 g/mol. The Labute approximate surface area is 111 Å². The number of carbonyl (C=O) groups is 1. The summed E-state index contributed by atoms with van der Waals surface area (Å²) < 4.78 is 1.38. The maximum Gasteiger partial charge on any atom is 0.268 e. The van der Waals surface area contributed by atoms with Crippen molar-refractivity contribution >= 4 is 11.6 Å². The summed E-state index contributed by atoms with van der Waals surface area (Å²) in [4.78, 5) is 25.0. The van der Waals surface area contributed by atoms with E-state index in [4.69, 9.17) is 5.84 Å². The number of carbonyl (C=O) groups excluding carboxylic acids is 1. The topological polar surface area (TPSA) is 93.2 Å². The van der Waals surface area contributed by atoms with Crippen LogP contribution in [-0.4, -0.2) is 28.8 Å². The molecule has 1 aromatic rings. The highest BCUT2D eigenvalue weighted by Crippen LogP contribution is 2.16. The van der Waals surface area contributed by atoms with Crippen LogP contribution in [0.1, 0.15) is 25.7 Å². The van der Waals surface area contributed by atoms with Gasteiger partial charge in [0, 0.05) is 32.1 Å². The molecule has 2 rings (SSSR count). The second kappa shape index (κ2) is 6.33. The number of hydrogen-bond donors (Lipinski definition) is 2. The monoisotopic (exact) mass is 265 g/mol. The van der Waals surface area contributed by atoms with E-state index < -0.39 is 0 Å². The SMILES string of the molecule is NNC(=O)CCCn1ncc(N2CCCC2)cc1=O. The highest BCUT2D eigenvalue weighted by Gasteiger charge is 2.13. The van der Waals surface area contributed by atoms with Gasteiger partial charge in [-0.15, -0.1) is 0 Å². The second-order valence-electron chi connectivity index (χ2n) is 4.64. The fourth-order valence-electron chi connectivity index (χ4n) is 2.20. The molecule has 0 saturated carbocycles. The molecule has 2 heterocycles. The van der Waals surface area contributed by atoms with Gasteiger partial charge < -0.3 is 4.90 Å². The summed E-state index contributed by atoms with van der Waals surface area (Å²) in [7, 11) is 0. The molecular formula is C12H19N5O2. The lowest BCUT2D eigenvalue weighted by Crippen LogP contribution is -2.30. The van der Waals surface area contributed by atoms with E-state index in [2.05, 4.69) is 15.4 Å². The number of nitrogens with two attached hydrogens (primary N) is 1. The van der Waals surface area contributed by atoms with Gasteiger partial charge in [-0.3, -0.25) is 15.0 Å². The molecule has 104 valence electrons. The molecule has 0 aliphatic carbocycles. The molecule has 1 aromatic heterocycles. The number of hydrazine groups is 1. The Kier molecular flexibility index (Phi) is 4.51. The van der Waals surface area contributed by atoms with E-state index in [-0.39, 0.29) is 11.5 Å². The zero-order valence-corrected chi connectivity index (χ0v) is 10.8. The van der Waals surface area contributed by atoms with Gasteiger partial charge in [-0.25, -0.2) is 10.5 Å². The lowest BCUT2D eigenvalue weighted by atomic mass is 10.3. The van der Waals surface area contributed by atoms with Crippen LogP contribution in [0.2, 0.25) is 0 Å². The van der Waals surface area contributed by atoms with Crippen LogP contribution >= 0.6 is 0 Å². The van der Waals surface area contributed by atoms with Gasteiger partial charge in [0.2, 0.25) is 5.91 Å². The summed E-state index contributed by atoms with van der Waals surface area (Å²) in [5, 5.41) is 4.15. The quantitative estimate of drug-likeness (QED) is 0.430. The Morgan fingerprint density at radius 1 is 1.42 bits per heavy atom. The standard InChI is InChI=1S/C12H19N5O2/c13-15-11(18)4-3-7-17-12(19)8-10(9-14-17)16-5-1-2-6-16/h8-9H,1-7,13H2,(H,15,18). The number of nitrogens with one attached hydrogen (secondary N) is 1. The van der Waals surface area contributed by atoms with Crippen molar-refractivity contribution < 1.29 is 4.79 Å². The normalized spacial score (nSPS) is 14.7. The molecule has 1 amide bonds.